The van der Waals surface area contributed by atoms with E-state index in [0.29, 0.717) is 26.2 Å². The Morgan fingerprint density at radius 3 is 0.938 bits per heavy atom. The number of rotatable bonds is 10. The molecule has 0 radical (unpaired) electrons. The van der Waals surface area contributed by atoms with Crippen LogP contribution in [0, 0.1) is 13.8 Å². The van der Waals surface area contributed by atoms with Crippen molar-refractivity contribution >= 4 is 74.0 Å². The fraction of sp³-hybridized carbons (Fsp3) is 0.400. The van der Waals surface area contributed by atoms with Crippen molar-refractivity contribution in [2.45, 2.75) is 13.8 Å². The summed E-state index contributed by atoms with van der Waals surface area (Å²) in [4.78, 5) is 0. The van der Waals surface area contributed by atoms with Gasteiger partial charge in [0.2, 0.25) is 20.0 Å². The molecule has 0 aliphatic rings. The third-order valence-electron chi connectivity index (χ3n) is 4.18. The second-order valence-corrected chi connectivity index (χ2v) is 15.0. The van der Waals surface area contributed by atoms with Crippen LogP contribution in [0.1, 0.15) is 11.1 Å². The summed E-state index contributed by atoms with van der Waals surface area (Å²) in [5, 5.41) is 6.21. The summed E-state index contributed by atoms with van der Waals surface area (Å²) < 4.78 is 143. The molecule has 2 aromatic rings. The van der Waals surface area contributed by atoms with Crippen molar-refractivity contribution in [3.63, 3.8) is 0 Å². The Morgan fingerprint density at radius 2 is 0.750 bits per heavy atom. The lowest BCUT2D eigenvalue weighted by Gasteiger charge is -2.08. The maximum absolute atomic E-state index is 10.8. The first kappa shape index (κ1) is 51.9. The largest absolute Gasteiger partial charge is 0.412 e. The Bertz CT molecular complexity index is 1600. The molecule has 0 atom stereocenters. The van der Waals surface area contributed by atoms with E-state index in [4.69, 9.17) is 64.0 Å². The maximum Gasteiger partial charge on any atom is 0.394 e. The molecule has 284 valence electrons. The molecule has 0 saturated carbocycles. The predicted molar refractivity (Wildman–Crippen MR) is 180 cm³/mol. The van der Waals surface area contributed by atoms with Gasteiger partial charge in [-0.2, -0.15) is 25.3 Å². The molecule has 23 nitrogen and oxygen atoms in total. The van der Waals surface area contributed by atoms with E-state index >= 15 is 0 Å². The van der Waals surface area contributed by atoms with Gasteiger partial charge in [0, 0.05) is 48.9 Å². The zero-order valence-electron chi connectivity index (χ0n) is 25.8. The van der Waals surface area contributed by atoms with Crippen molar-refractivity contribution in [3.05, 3.63) is 47.5 Å². The van der Waals surface area contributed by atoms with Crippen LogP contribution in [0.15, 0.2) is 36.4 Å². The molecule has 0 amide bonds. The molecule has 0 spiro atoms. The fourth-order valence-electron chi connectivity index (χ4n) is 2.46. The number of aryl methyl sites for hydroxylation is 2. The molecule has 16 N–H and O–H groups in total. The molecule has 48 heavy (non-hydrogen) atoms. The molecular formula is C20H42N6O17S5. The average molecular weight is 799 g/mol. The molecule has 2 rings (SSSR count). The molecule has 0 fully saturated rings. The first-order valence-electron chi connectivity index (χ1n) is 12.0. The van der Waals surface area contributed by atoms with Gasteiger partial charge in [0.25, 0.3) is 0 Å². The van der Waals surface area contributed by atoms with Crippen LogP contribution in [-0.2, 0) is 51.2 Å². The molecule has 2 aromatic carbocycles. The summed E-state index contributed by atoms with van der Waals surface area (Å²) in [5.74, 6) is 0. The van der Waals surface area contributed by atoms with Crippen molar-refractivity contribution < 1.29 is 74.9 Å². The van der Waals surface area contributed by atoms with Gasteiger partial charge < -0.3 is 27.6 Å². The van der Waals surface area contributed by atoms with E-state index in [1.807, 2.05) is 50.2 Å². The van der Waals surface area contributed by atoms with E-state index < -0.39 is 51.2 Å². The highest BCUT2D eigenvalue weighted by atomic mass is 32.3. The van der Waals surface area contributed by atoms with Crippen LogP contribution in [-0.4, -0.2) is 114 Å². The van der Waals surface area contributed by atoms with Crippen molar-refractivity contribution in [3.8, 4) is 0 Å². The second kappa shape index (κ2) is 23.4. The lowest BCUT2D eigenvalue weighted by molar-refractivity contribution is 0.378. The summed E-state index contributed by atoms with van der Waals surface area (Å²) in [6.07, 6.45) is 2.28. The number of anilines is 4. The van der Waals surface area contributed by atoms with E-state index in [9.17, 15) is 16.8 Å². The number of nitrogens with one attached hydrogen (secondary N) is 4. The summed E-state index contributed by atoms with van der Waals surface area (Å²) in [5.41, 5.74) is 16.7. The number of nitrogens with two attached hydrogens (primary N) is 2. The number of sulfonamides is 2. The van der Waals surface area contributed by atoms with Crippen LogP contribution < -0.4 is 31.5 Å². The topological polar surface area (TPSA) is 424 Å². The minimum atomic E-state index is -4.67. The van der Waals surface area contributed by atoms with Crippen LogP contribution in [0.4, 0.5) is 22.7 Å². The monoisotopic (exact) mass is 798 g/mol. The van der Waals surface area contributed by atoms with E-state index in [2.05, 4.69) is 20.1 Å². The third kappa shape index (κ3) is 49.9. The highest BCUT2D eigenvalue weighted by Crippen LogP contribution is 2.16. The summed E-state index contributed by atoms with van der Waals surface area (Å²) in [6, 6.07) is 11.2. The van der Waals surface area contributed by atoms with Gasteiger partial charge in [-0.15, -0.1) is 0 Å². The first-order valence-corrected chi connectivity index (χ1v) is 19.9. The Labute approximate surface area is 279 Å². The number of nitrogen functional groups attached to an aromatic ring is 2. The summed E-state index contributed by atoms with van der Waals surface area (Å²) >= 11 is 0. The molecule has 0 aliphatic carbocycles. The normalized spacial score (nSPS) is 11.2. The van der Waals surface area contributed by atoms with Crippen molar-refractivity contribution in [2.24, 2.45) is 0 Å². The third-order valence-corrected chi connectivity index (χ3v) is 5.63. The Hall–Kier alpha value is -2.97. The summed E-state index contributed by atoms with van der Waals surface area (Å²) in [7, 11) is -20.2. The van der Waals surface area contributed by atoms with Gasteiger partial charge in [-0.25, -0.2) is 26.3 Å². The van der Waals surface area contributed by atoms with E-state index in [1.54, 1.807) is 0 Å². The van der Waals surface area contributed by atoms with Crippen LogP contribution in [0.3, 0.4) is 0 Å². The molecule has 0 bridgehead atoms. The minimum Gasteiger partial charge on any atom is -0.412 e. The fourth-order valence-corrected chi connectivity index (χ4v) is 3.40. The van der Waals surface area contributed by atoms with Gasteiger partial charge in [-0.05, 0) is 61.4 Å². The van der Waals surface area contributed by atoms with Crippen molar-refractivity contribution in [1.82, 2.24) is 9.44 Å². The first-order chi connectivity index (χ1) is 20.8. The Balaban J connectivity index is -0.000000281. The molecule has 0 aliphatic heterocycles. The molecule has 28 heteroatoms. The van der Waals surface area contributed by atoms with Gasteiger partial charge in [0.1, 0.15) is 0 Å². The van der Waals surface area contributed by atoms with Crippen LogP contribution in [0.5, 0.6) is 0 Å². The minimum absolute atomic E-state index is 0. The van der Waals surface area contributed by atoms with Crippen LogP contribution >= 0.6 is 0 Å². The van der Waals surface area contributed by atoms with Crippen LogP contribution in [0.2, 0.25) is 0 Å². The van der Waals surface area contributed by atoms with Gasteiger partial charge in [0.15, 0.2) is 0 Å². The Kier molecular flexibility index (Phi) is 25.3. The quantitative estimate of drug-likeness (QED) is 0.0723. The number of hydrogen-bond acceptors (Lipinski definition) is 14. The van der Waals surface area contributed by atoms with Crippen molar-refractivity contribution in [1.29, 1.82) is 0 Å². The highest BCUT2D eigenvalue weighted by molar-refractivity contribution is 7.89. The molecular weight excluding hydrogens is 757 g/mol. The van der Waals surface area contributed by atoms with Crippen molar-refractivity contribution in [2.75, 3.05) is 60.8 Å². The van der Waals surface area contributed by atoms with Gasteiger partial charge in [0.05, 0.1) is 12.5 Å². The molecule has 0 saturated heterocycles. The average Bonchev–Trinajstić information content (AvgIpc) is 2.80. The highest BCUT2D eigenvalue weighted by Gasteiger charge is 2.01. The predicted octanol–water partition coefficient (Wildman–Crippen LogP) is -1.71. The zero-order valence-corrected chi connectivity index (χ0v) is 29.8. The maximum atomic E-state index is 10.8. The van der Waals surface area contributed by atoms with E-state index in [1.165, 1.54) is 0 Å². The number of benzene rings is 2. The summed E-state index contributed by atoms with van der Waals surface area (Å²) in [6.45, 7) is 5.65. The molecule has 0 heterocycles. The second-order valence-electron chi connectivity index (χ2n) is 8.67. The van der Waals surface area contributed by atoms with E-state index in [0.717, 1.165) is 46.4 Å². The van der Waals surface area contributed by atoms with Gasteiger partial charge in [-0.3, -0.25) is 27.3 Å². The standard InChI is InChI=1S/2C10H17N3O2S.3H2O4S.H2O/c2*1-8-7-9(3-4-10(8)11)12-5-6-13-16(2,14)15;3*1-5(2,3)4;/h2*3-4,7,12-13H,5-6,11H2,1-2H3;3*(H2,1,2,3,4);1H2. The molecule has 0 aromatic heterocycles. The molecule has 0 unspecified atom stereocenters. The van der Waals surface area contributed by atoms with Crippen LogP contribution in [0.25, 0.3) is 0 Å². The smallest absolute Gasteiger partial charge is 0.394 e. The Morgan fingerprint density at radius 1 is 0.521 bits per heavy atom. The SMILES string of the molecule is Cc1cc(NCCNS(C)(=O)=O)ccc1N.Cc1cc(NCCNS(C)(=O)=O)ccc1N.O.O=S(=O)(O)O.O=S(=O)(O)O.O=S(=O)(O)O. The van der Waals surface area contributed by atoms with Gasteiger partial charge in [-0.1, -0.05) is 0 Å². The lowest BCUT2D eigenvalue weighted by atomic mass is 10.2. The zero-order chi connectivity index (χ0) is 37.9. The lowest BCUT2D eigenvalue weighted by Crippen LogP contribution is -2.27. The number of hydrogen-bond donors (Lipinski definition) is 12. The van der Waals surface area contributed by atoms with E-state index in [-0.39, 0.29) is 5.48 Å². The van der Waals surface area contributed by atoms with Gasteiger partial charge >= 0.3 is 31.2 Å².